The van der Waals surface area contributed by atoms with Crippen LogP contribution in [0.5, 0.6) is 0 Å². The van der Waals surface area contributed by atoms with Crippen molar-refractivity contribution in [2.24, 2.45) is 0 Å². The molecule has 1 aromatic carbocycles. The zero-order chi connectivity index (χ0) is 15.4. The molecular formula is C13H16N2O5S. The minimum atomic E-state index is -0.510. The number of benzene rings is 1. The normalized spacial score (nSPS) is 21.3. The molecular weight excluding hydrogens is 296 g/mol. The largest absolute Gasteiger partial charge is 0.445 e. The Morgan fingerprint density at radius 2 is 2.14 bits per heavy atom. The lowest BCUT2D eigenvalue weighted by Crippen LogP contribution is -2.38. The highest BCUT2D eigenvalue weighted by molar-refractivity contribution is 7.81. The molecule has 0 spiro atoms. The number of rotatable bonds is 4. The Bertz CT molecular complexity index is 522. The van der Waals surface area contributed by atoms with Crippen LogP contribution < -0.4 is 0 Å². The third-order valence-corrected chi connectivity index (χ3v) is 3.72. The van der Waals surface area contributed by atoms with Crippen molar-refractivity contribution in [1.82, 2.24) is 4.90 Å². The monoisotopic (exact) mass is 312 g/mol. The fraction of sp³-hybridized carbons (Fsp3) is 0.462. The molecule has 1 fully saturated rings. The molecule has 114 valence electrons. The molecule has 8 heteroatoms. The Labute approximate surface area is 127 Å². The van der Waals surface area contributed by atoms with E-state index in [1.807, 2.05) is 0 Å². The summed E-state index contributed by atoms with van der Waals surface area (Å²) in [7, 11) is 0. The molecule has 1 heterocycles. The van der Waals surface area contributed by atoms with Crippen molar-refractivity contribution in [3.63, 3.8) is 0 Å². The number of likely N-dealkylation sites (tertiary alicyclic amines) is 1. The molecule has 2 atom stereocenters. The summed E-state index contributed by atoms with van der Waals surface area (Å²) in [5.41, 5.74) is 0.652. The van der Waals surface area contributed by atoms with E-state index < -0.39 is 11.0 Å². The van der Waals surface area contributed by atoms with Crippen molar-refractivity contribution in [1.29, 1.82) is 0 Å². The lowest BCUT2D eigenvalue weighted by molar-refractivity contribution is -0.384. The van der Waals surface area contributed by atoms with Crippen LogP contribution in [0.4, 0.5) is 10.5 Å². The molecule has 1 N–H and O–H groups in total. The number of non-ortho nitro benzene ring substituents is 1. The maximum Gasteiger partial charge on any atom is 0.410 e. The molecule has 0 aromatic heterocycles. The predicted octanol–water partition coefficient (Wildman–Crippen LogP) is 1.60. The van der Waals surface area contributed by atoms with Crippen LogP contribution in [0.3, 0.4) is 0 Å². The fourth-order valence-electron chi connectivity index (χ4n) is 2.23. The highest BCUT2D eigenvalue weighted by Gasteiger charge is 2.34. The number of nitro groups is 1. The van der Waals surface area contributed by atoms with Crippen molar-refractivity contribution in [2.45, 2.75) is 24.3 Å². The van der Waals surface area contributed by atoms with Crippen LogP contribution in [0.15, 0.2) is 24.3 Å². The summed E-state index contributed by atoms with van der Waals surface area (Å²) < 4.78 is 5.16. The zero-order valence-electron chi connectivity index (χ0n) is 11.2. The summed E-state index contributed by atoms with van der Waals surface area (Å²) in [6.45, 7) is 0.347. The Morgan fingerprint density at radius 3 is 2.71 bits per heavy atom. The van der Waals surface area contributed by atoms with Crippen molar-refractivity contribution in [3.05, 3.63) is 39.9 Å². The van der Waals surface area contributed by atoms with Gasteiger partial charge in [0, 0.05) is 23.9 Å². The average Bonchev–Trinajstić information content (AvgIpc) is 2.86. The highest BCUT2D eigenvalue weighted by Crippen LogP contribution is 2.22. The number of amides is 1. The van der Waals surface area contributed by atoms with E-state index in [1.165, 1.54) is 17.0 Å². The molecule has 0 aliphatic carbocycles. The van der Waals surface area contributed by atoms with E-state index in [0.717, 1.165) is 0 Å². The van der Waals surface area contributed by atoms with Gasteiger partial charge in [-0.2, -0.15) is 12.6 Å². The third-order valence-electron chi connectivity index (χ3n) is 3.35. The first-order valence-corrected chi connectivity index (χ1v) is 6.98. The number of nitro benzene ring substituents is 1. The number of thiol groups is 1. The van der Waals surface area contributed by atoms with Gasteiger partial charge in [0.05, 0.1) is 17.6 Å². The first kappa shape index (κ1) is 15.6. The maximum absolute atomic E-state index is 12.0. The number of aliphatic hydroxyl groups is 1. The van der Waals surface area contributed by atoms with E-state index in [9.17, 15) is 20.0 Å². The van der Waals surface area contributed by atoms with E-state index >= 15 is 0 Å². The Balaban J connectivity index is 1.90. The molecule has 0 bridgehead atoms. The van der Waals surface area contributed by atoms with Gasteiger partial charge in [-0.1, -0.05) is 0 Å². The van der Waals surface area contributed by atoms with Gasteiger partial charge in [0.15, 0.2) is 0 Å². The number of hydrogen-bond donors (Lipinski definition) is 2. The quantitative estimate of drug-likeness (QED) is 0.500. The minimum Gasteiger partial charge on any atom is -0.445 e. The smallest absolute Gasteiger partial charge is 0.410 e. The maximum atomic E-state index is 12.0. The van der Waals surface area contributed by atoms with E-state index in [-0.39, 0.29) is 30.2 Å². The van der Waals surface area contributed by atoms with E-state index in [0.29, 0.717) is 18.5 Å². The van der Waals surface area contributed by atoms with Crippen LogP contribution in [0, 0.1) is 10.1 Å². The van der Waals surface area contributed by atoms with E-state index in [4.69, 9.17) is 4.74 Å². The number of hydrogen-bond acceptors (Lipinski definition) is 6. The molecule has 1 aliphatic rings. The van der Waals surface area contributed by atoms with Gasteiger partial charge >= 0.3 is 6.09 Å². The standard InChI is InChI=1S/C13H16N2O5S/c16-7-11-5-12(21)6-14(11)13(17)20-8-9-1-3-10(4-2-9)15(18)19/h1-4,11-12,16,21H,5-8H2/t11?,12-/m0/s1. The van der Waals surface area contributed by atoms with Gasteiger partial charge in [-0.3, -0.25) is 10.1 Å². The van der Waals surface area contributed by atoms with Gasteiger partial charge in [0.2, 0.25) is 0 Å². The van der Waals surface area contributed by atoms with Crippen LogP contribution in [0.25, 0.3) is 0 Å². The van der Waals surface area contributed by atoms with Crippen molar-refractivity contribution >= 4 is 24.4 Å². The number of nitrogens with zero attached hydrogens (tertiary/aromatic N) is 2. The van der Waals surface area contributed by atoms with Crippen molar-refractivity contribution < 1.29 is 19.6 Å². The lowest BCUT2D eigenvalue weighted by Gasteiger charge is -2.22. The molecule has 1 aliphatic heterocycles. The molecule has 7 nitrogen and oxygen atoms in total. The van der Waals surface area contributed by atoms with Crippen LogP contribution >= 0.6 is 12.6 Å². The van der Waals surface area contributed by atoms with Crippen LogP contribution in [0.1, 0.15) is 12.0 Å². The van der Waals surface area contributed by atoms with Gasteiger partial charge in [0.25, 0.3) is 5.69 Å². The number of carbonyl (C=O) groups excluding carboxylic acids is 1. The number of ether oxygens (including phenoxy) is 1. The van der Waals surface area contributed by atoms with Crippen molar-refractivity contribution in [3.8, 4) is 0 Å². The third kappa shape index (κ3) is 3.85. The molecule has 0 saturated carbocycles. The molecule has 1 aromatic rings. The van der Waals surface area contributed by atoms with Crippen LogP contribution in [0.2, 0.25) is 0 Å². The van der Waals surface area contributed by atoms with E-state index in [2.05, 4.69) is 12.6 Å². The summed E-state index contributed by atoms with van der Waals surface area (Å²) >= 11 is 4.30. The van der Waals surface area contributed by atoms with Gasteiger partial charge in [-0.25, -0.2) is 4.79 Å². The van der Waals surface area contributed by atoms with Crippen molar-refractivity contribution in [2.75, 3.05) is 13.2 Å². The van der Waals surface area contributed by atoms with E-state index in [1.54, 1.807) is 12.1 Å². The van der Waals surface area contributed by atoms with Crippen LogP contribution in [-0.4, -0.2) is 45.5 Å². The second-order valence-electron chi connectivity index (χ2n) is 4.86. The molecule has 1 amide bonds. The first-order chi connectivity index (χ1) is 10.0. The SMILES string of the molecule is O=C(OCc1ccc([N+](=O)[O-])cc1)N1C[C@@H](S)CC1CO. The predicted molar refractivity (Wildman–Crippen MR) is 78.3 cm³/mol. The van der Waals surface area contributed by atoms with Gasteiger partial charge in [0.1, 0.15) is 6.61 Å². The van der Waals surface area contributed by atoms with Gasteiger partial charge in [-0.05, 0) is 24.1 Å². The summed E-state index contributed by atoms with van der Waals surface area (Å²) in [6, 6.07) is 5.54. The van der Waals surface area contributed by atoms with Crippen LogP contribution in [-0.2, 0) is 11.3 Å². The zero-order valence-corrected chi connectivity index (χ0v) is 12.1. The fourth-order valence-corrected chi connectivity index (χ4v) is 2.65. The minimum absolute atomic E-state index is 0.0112. The topological polar surface area (TPSA) is 92.9 Å². The molecule has 1 unspecified atom stereocenters. The first-order valence-electron chi connectivity index (χ1n) is 6.47. The lowest BCUT2D eigenvalue weighted by atomic mass is 10.2. The molecule has 1 saturated heterocycles. The second kappa shape index (κ2) is 6.77. The number of aliphatic hydroxyl groups excluding tert-OH is 1. The Morgan fingerprint density at radius 1 is 1.48 bits per heavy atom. The Kier molecular flexibility index (Phi) is 5.03. The average molecular weight is 312 g/mol. The summed E-state index contributed by atoms with van der Waals surface area (Å²) in [5.74, 6) is 0. The summed E-state index contributed by atoms with van der Waals surface area (Å²) in [4.78, 5) is 23.5. The Hall–Kier alpha value is -1.80. The number of carbonyl (C=O) groups is 1. The summed E-state index contributed by atoms with van der Waals surface area (Å²) in [6.07, 6.45) is 0.121. The molecule has 21 heavy (non-hydrogen) atoms. The second-order valence-corrected chi connectivity index (χ2v) is 5.59. The highest BCUT2D eigenvalue weighted by atomic mass is 32.1. The molecule has 2 rings (SSSR count). The van der Waals surface area contributed by atoms with Gasteiger partial charge in [-0.15, -0.1) is 0 Å². The van der Waals surface area contributed by atoms with Gasteiger partial charge < -0.3 is 14.7 Å². The molecule has 0 radical (unpaired) electrons. The summed E-state index contributed by atoms with van der Waals surface area (Å²) in [5, 5.41) is 19.8.